The molecule has 0 spiro atoms. The van der Waals surface area contributed by atoms with Crippen LogP contribution in [-0.2, 0) is 9.53 Å². The molecule has 0 aliphatic rings. The number of benzene rings is 3. The van der Waals surface area contributed by atoms with Crippen LogP contribution in [0.4, 0.5) is 4.39 Å². The summed E-state index contributed by atoms with van der Waals surface area (Å²) < 4.78 is 24.5. The minimum Gasteiger partial charge on any atom is -0.493 e. The van der Waals surface area contributed by atoms with Gasteiger partial charge in [-0.15, -0.1) is 0 Å². The summed E-state index contributed by atoms with van der Waals surface area (Å²) in [7, 11) is 0. The lowest BCUT2D eigenvalue weighted by molar-refractivity contribution is -0.137. The smallest absolute Gasteiger partial charge is 0.331 e. The first-order valence-electron chi connectivity index (χ1n) is 9.93. The zero-order chi connectivity index (χ0) is 21.5. The minimum absolute atomic E-state index is 0.272. The van der Waals surface area contributed by atoms with Crippen LogP contribution in [0.2, 0.25) is 5.02 Å². The molecule has 0 atom stereocenters. The Morgan fingerprint density at radius 2 is 1.97 bits per heavy atom. The van der Waals surface area contributed by atoms with Gasteiger partial charge in [-0.05, 0) is 85.2 Å². The van der Waals surface area contributed by atoms with Crippen LogP contribution in [0.15, 0.2) is 60.7 Å². The highest BCUT2D eigenvalue weighted by Crippen LogP contribution is 2.28. The van der Waals surface area contributed by atoms with Crippen LogP contribution in [0.3, 0.4) is 0 Å². The highest BCUT2D eigenvalue weighted by Gasteiger charge is 2.10. The number of carbonyl (C=O) groups excluding carboxylic acids is 1. The minimum atomic E-state index is -0.362. The average Bonchev–Trinajstić information content (AvgIpc) is 2.70. The van der Waals surface area contributed by atoms with Crippen molar-refractivity contribution in [2.24, 2.45) is 0 Å². The Morgan fingerprint density at radius 3 is 2.73 bits per heavy atom. The first kappa shape index (κ1) is 21.8. The van der Waals surface area contributed by atoms with E-state index in [1.54, 1.807) is 19.1 Å². The van der Waals surface area contributed by atoms with Crippen molar-refractivity contribution in [3.63, 3.8) is 0 Å². The molecule has 3 rings (SSSR count). The van der Waals surface area contributed by atoms with Crippen molar-refractivity contribution in [1.82, 2.24) is 0 Å². The van der Waals surface area contributed by atoms with E-state index in [1.165, 1.54) is 12.1 Å². The number of allylic oxidation sites excluding steroid dienone is 1. The van der Waals surface area contributed by atoms with Gasteiger partial charge in [0.05, 0.1) is 13.2 Å². The zero-order valence-corrected chi connectivity index (χ0v) is 17.8. The highest BCUT2D eigenvalue weighted by molar-refractivity contribution is 6.30. The van der Waals surface area contributed by atoms with E-state index in [0.717, 1.165) is 27.5 Å². The molecule has 3 aromatic rings. The third-order valence-corrected chi connectivity index (χ3v) is 5.00. The number of ether oxygens (including phenoxy) is 2. The van der Waals surface area contributed by atoms with Gasteiger partial charge < -0.3 is 9.47 Å². The molecule has 0 heterocycles. The van der Waals surface area contributed by atoms with Gasteiger partial charge in [0.25, 0.3) is 0 Å². The Labute approximate surface area is 181 Å². The molecule has 0 fully saturated rings. The van der Waals surface area contributed by atoms with Crippen LogP contribution in [0.25, 0.3) is 16.3 Å². The monoisotopic (exact) mass is 426 g/mol. The quantitative estimate of drug-likeness (QED) is 0.227. The summed E-state index contributed by atoms with van der Waals surface area (Å²) in [5.41, 5.74) is 2.84. The predicted octanol–water partition coefficient (Wildman–Crippen LogP) is 6.75. The van der Waals surface area contributed by atoms with E-state index in [1.807, 2.05) is 43.3 Å². The molecule has 0 aromatic heterocycles. The second kappa shape index (κ2) is 10.3. The largest absolute Gasteiger partial charge is 0.493 e. The van der Waals surface area contributed by atoms with Crippen LogP contribution >= 0.6 is 11.6 Å². The van der Waals surface area contributed by atoms with E-state index >= 15 is 0 Å². The summed E-state index contributed by atoms with van der Waals surface area (Å²) in [6.07, 6.45) is 2.88. The van der Waals surface area contributed by atoms with Gasteiger partial charge in [-0.25, -0.2) is 9.18 Å². The second-order valence-electron chi connectivity index (χ2n) is 6.95. The Balaban J connectivity index is 1.71. The predicted molar refractivity (Wildman–Crippen MR) is 119 cm³/mol. The molecule has 3 aromatic carbocycles. The first-order valence-corrected chi connectivity index (χ1v) is 10.3. The summed E-state index contributed by atoms with van der Waals surface area (Å²) in [4.78, 5) is 12.0. The molecule has 0 aliphatic heterocycles. The van der Waals surface area contributed by atoms with E-state index in [-0.39, 0.29) is 11.8 Å². The topological polar surface area (TPSA) is 35.5 Å². The molecule has 0 aliphatic carbocycles. The molecule has 156 valence electrons. The van der Waals surface area contributed by atoms with Gasteiger partial charge in [-0.2, -0.15) is 0 Å². The molecule has 5 heteroatoms. The molecule has 0 unspecified atom stereocenters. The van der Waals surface area contributed by atoms with E-state index in [9.17, 15) is 9.18 Å². The second-order valence-corrected chi connectivity index (χ2v) is 7.39. The maximum atomic E-state index is 13.4. The van der Waals surface area contributed by atoms with Gasteiger partial charge >= 0.3 is 5.97 Å². The maximum Gasteiger partial charge on any atom is 0.331 e. The third kappa shape index (κ3) is 5.61. The lowest BCUT2D eigenvalue weighted by Crippen LogP contribution is -2.03. The molecular formula is C25H24ClFO3. The zero-order valence-electron chi connectivity index (χ0n) is 17.1. The normalized spacial score (nSPS) is 11.5. The third-order valence-electron chi connectivity index (χ3n) is 4.76. The molecule has 0 saturated heterocycles. The van der Waals surface area contributed by atoms with Crippen LogP contribution in [0, 0.1) is 12.7 Å². The summed E-state index contributed by atoms with van der Waals surface area (Å²) in [6, 6.07) is 15.8. The van der Waals surface area contributed by atoms with Gasteiger partial charge in [0.1, 0.15) is 11.6 Å². The Morgan fingerprint density at radius 1 is 1.13 bits per heavy atom. The van der Waals surface area contributed by atoms with Gasteiger partial charge in [0.2, 0.25) is 0 Å². The Bertz CT molecular complexity index is 1080. The van der Waals surface area contributed by atoms with E-state index in [0.29, 0.717) is 36.8 Å². The number of esters is 1. The highest BCUT2D eigenvalue weighted by atomic mass is 35.5. The number of aryl methyl sites for hydroxylation is 1. The Hall–Kier alpha value is -2.85. The average molecular weight is 427 g/mol. The van der Waals surface area contributed by atoms with Gasteiger partial charge in [-0.1, -0.05) is 29.8 Å². The summed E-state index contributed by atoms with van der Waals surface area (Å²) in [5, 5.41) is 2.32. The first-order chi connectivity index (χ1) is 14.5. The molecule has 0 saturated carbocycles. The lowest BCUT2D eigenvalue weighted by Gasteiger charge is -2.13. The fourth-order valence-corrected chi connectivity index (χ4v) is 3.62. The number of rotatable bonds is 8. The maximum absolute atomic E-state index is 13.4. The summed E-state index contributed by atoms with van der Waals surface area (Å²) in [6.45, 7) is 4.53. The van der Waals surface area contributed by atoms with Gasteiger partial charge in [0.15, 0.2) is 0 Å². The van der Waals surface area contributed by atoms with E-state index in [2.05, 4.69) is 0 Å². The summed E-state index contributed by atoms with van der Waals surface area (Å²) in [5.74, 6) is 0.0803. The lowest BCUT2D eigenvalue weighted by atomic mass is 9.96. The number of carbonyl (C=O) groups is 1. The van der Waals surface area contributed by atoms with Crippen molar-refractivity contribution in [1.29, 1.82) is 0 Å². The van der Waals surface area contributed by atoms with Crippen LogP contribution in [-0.4, -0.2) is 19.2 Å². The number of halogens is 2. The standard InChI is InChI=1S/C25H24ClFO3/c1-3-29-25(28)16-19(22-11-9-20(26)14-17(22)2)7-5-13-30-24-8-4-6-18-15-21(27)10-12-23(18)24/h4,6,8-12,14-16H,3,5,7,13H2,1-2H3/b19-16+. The number of fused-ring (bicyclic) bond motifs is 1. The molecule has 0 bridgehead atoms. The van der Waals surface area contributed by atoms with Gasteiger partial charge in [-0.3, -0.25) is 0 Å². The fourth-order valence-electron chi connectivity index (χ4n) is 3.39. The molecule has 3 nitrogen and oxygen atoms in total. The van der Waals surface area contributed by atoms with Crippen LogP contribution in [0.5, 0.6) is 5.75 Å². The van der Waals surface area contributed by atoms with E-state index < -0.39 is 0 Å². The van der Waals surface area contributed by atoms with Crippen molar-refractivity contribution in [3.05, 3.63) is 82.6 Å². The molecule has 0 radical (unpaired) electrons. The molecule has 0 N–H and O–H groups in total. The van der Waals surface area contributed by atoms with Crippen molar-refractivity contribution in [2.45, 2.75) is 26.7 Å². The number of hydrogen-bond donors (Lipinski definition) is 0. The molecular weight excluding hydrogens is 403 g/mol. The molecule has 30 heavy (non-hydrogen) atoms. The van der Waals surface area contributed by atoms with E-state index in [4.69, 9.17) is 21.1 Å². The van der Waals surface area contributed by atoms with Crippen molar-refractivity contribution in [3.8, 4) is 5.75 Å². The van der Waals surface area contributed by atoms with Crippen LogP contribution < -0.4 is 4.74 Å². The fraction of sp³-hybridized carbons (Fsp3) is 0.240. The van der Waals surface area contributed by atoms with Crippen molar-refractivity contribution < 1.29 is 18.7 Å². The summed E-state index contributed by atoms with van der Waals surface area (Å²) >= 11 is 6.07. The van der Waals surface area contributed by atoms with Crippen LogP contribution in [0.1, 0.15) is 30.9 Å². The Kier molecular flexibility index (Phi) is 7.47. The van der Waals surface area contributed by atoms with Crippen molar-refractivity contribution in [2.75, 3.05) is 13.2 Å². The molecule has 0 amide bonds. The van der Waals surface area contributed by atoms with Crippen molar-refractivity contribution >= 4 is 33.9 Å². The SMILES string of the molecule is CCOC(=O)/C=C(\CCCOc1cccc2cc(F)ccc12)c1ccc(Cl)cc1C. The number of hydrogen-bond acceptors (Lipinski definition) is 3. The van der Waals surface area contributed by atoms with Gasteiger partial charge in [0, 0.05) is 16.5 Å².